The molecule has 2 unspecified atom stereocenters. The van der Waals surface area contributed by atoms with E-state index in [2.05, 4.69) is 4.72 Å². The molecule has 3 N–H and O–H groups in total. The zero-order valence-electron chi connectivity index (χ0n) is 10.3. The van der Waals surface area contributed by atoms with Gasteiger partial charge < -0.3 is 5.73 Å². The molecule has 0 bridgehead atoms. The van der Waals surface area contributed by atoms with E-state index in [4.69, 9.17) is 5.73 Å². The van der Waals surface area contributed by atoms with Gasteiger partial charge in [0.2, 0.25) is 10.0 Å². The van der Waals surface area contributed by atoms with Crippen LogP contribution in [0.25, 0.3) is 0 Å². The zero-order chi connectivity index (χ0) is 12.9. The lowest BCUT2D eigenvalue weighted by molar-refractivity contribution is 0.568. The Morgan fingerprint density at radius 3 is 2.35 bits per heavy atom. The zero-order valence-corrected chi connectivity index (χ0v) is 11.1. The smallest absolute Gasteiger partial charge is 0.212 e. The third-order valence-corrected chi connectivity index (χ3v) is 4.01. The van der Waals surface area contributed by atoms with Crippen molar-refractivity contribution in [1.29, 1.82) is 0 Å². The average molecular weight is 256 g/mol. The fraction of sp³-hybridized carbons (Fsp3) is 0.500. The summed E-state index contributed by atoms with van der Waals surface area (Å²) in [6.07, 6.45) is 0. The van der Waals surface area contributed by atoms with E-state index in [1.807, 2.05) is 37.3 Å². The first-order valence-corrected chi connectivity index (χ1v) is 7.34. The van der Waals surface area contributed by atoms with E-state index in [-0.39, 0.29) is 24.3 Å². The molecule has 1 aromatic rings. The summed E-state index contributed by atoms with van der Waals surface area (Å²) in [6, 6.07) is 9.44. The fourth-order valence-electron chi connectivity index (χ4n) is 1.52. The summed E-state index contributed by atoms with van der Waals surface area (Å²) in [7, 11) is -3.25. The molecule has 0 aliphatic carbocycles. The Labute approximate surface area is 103 Å². The van der Waals surface area contributed by atoms with Gasteiger partial charge in [0, 0.05) is 12.6 Å². The Morgan fingerprint density at radius 1 is 1.24 bits per heavy atom. The SMILES string of the molecule is CC(N)CNS(=O)(=O)CC(C)c1ccccc1. The summed E-state index contributed by atoms with van der Waals surface area (Å²) in [4.78, 5) is 0. The number of hydrogen-bond donors (Lipinski definition) is 2. The van der Waals surface area contributed by atoms with Gasteiger partial charge in [-0.1, -0.05) is 37.3 Å². The van der Waals surface area contributed by atoms with E-state index in [0.717, 1.165) is 5.56 Å². The highest BCUT2D eigenvalue weighted by Crippen LogP contribution is 2.16. The summed E-state index contributed by atoms with van der Waals surface area (Å²) >= 11 is 0. The standard InChI is InChI=1S/C12H20N2O2S/c1-10(12-6-4-3-5-7-12)9-17(15,16)14-8-11(2)13/h3-7,10-11,14H,8-9,13H2,1-2H3. The molecule has 1 aromatic carbocycles. The van der Waals surface area contributed by atoms with Gasteiger partial charge in [-0.25, -0.2) is 13.1 Å². The first kappa shape index (κ1) is 14.2. The van der Waals surface area contributed by atoms with Crippen LogP contribution in [0, 0.1) is 0 Å². The van der Waals surface area contributed by atoms with E-state index < -0.39 is 10.0 Å². The maximum atomic E-state index is 11.8. The molecule has 96 valence electrons. The summed E-state index contributed by atoms with van der Waals surface area (Å²) < 4.78 is 26.0. The van der Waals surface area contributed by atoms with Crippen molar-refractivity contribution in [2.24, 2.45) is 5.73 Å². The highest BCUT2D eigenvalue weighted by molar-refractivity contribution is 7.89. The quantitative estimate of drug-likeness (QED) is 0.799. The summed E-state index contributed by atoms with van der Waals surface area (Å²) in [5, 5.41) is 0. The van der Waals surface area contributed by atoms with Gasteiger partial charge in [-0.05, 0) is 18.4 Å². The number of hydrogen-bond acceptors (Lipinski definition) is 3. The monoisotopic (exact) mass is 256 g/mol. The van der Waals surface area contributed by atoms with Crippen molar-refractivity contribution >= 4 is 10.0 Å². The van der Waals surface area contributed by atoms with Crippen molar-refractivity contribution in [2.45, 2.75) is 25.8 Å². The second kappa shape index (κ2) is 6.14. The van der Waals surface area contributed by atoms with Crippen LogP contribution >= 0.6 is 0 Å². The van der Waals surface area contributed by atoms with Gasteiger partial charge in [0.1, 0.15) is 0 Å². The van der Waals surface area contributed by atoms with Crippen LogP contribution in [0.2, 0.25) is 0 Å². The summed E-state index contributed by atoms with van der Waals surface area (Å²) in [5.41, 5.74) is 6.54. The van der Waals surface area contributed by atoms with Crippen LogP contribution in [-0.4, -0.2) is 26.8 Å². The van der Waals surface area contributed by atoms with Crippen LogP contribution in [0.3, 0.4) is 0 Å². The van der Waals surface area contributed by atoms with Crippen molar-refractivity contribution in [2.75, 3.05) is 12.3 Å². The Morgan fingerprint density at radius 2 is 1.82 bits per heavy atom. The van der Waals surface area contributed by atoms with E-state index in [1.54, 1.807) is 6.92 Å². The third-order valence-electron chi connectivity index (χ3n) is 2.46. The Kier molecular flexibility index (Phi) is 5.11. The molecular formula is C12H20N2O2S. The maximum absolute atomic E-state index is 11.8. The molecule has 0 aliphatic rings. The number of rotatable bonds is 6. The first-order chi connectivity index (χ1) is 7.91. The first-order valence-electron chi connectivity index (χ1n) is 5.68. The molecular weight excluding hydrogens is 236 g/mol. The molecule has 0 spiro atoms. The van der Waals surface area contributed by atoms with Crippen LogP contribution in [0.1, 0.15) is 25.3 Å². The van der Waals surface area contributed by atoms with E-state index >= 15 is 0 Å². The number of nitrogens with two attached hydrogens (primary N) is 1. The molecule has 4 nitrogen and oxygen atoms in total. The third kappa shape index (κ3) is 5.30. The number of nitrogens with one attached hydrogen (secondary N) is 1. The number of sulfonamides is 1. The second-order valence-corrected chi connectivity index (χ2v) is 6.27. The lowest BCUT2D eigenvalue weighted by atomic mass is 10.0. The summed E-state index contributed by atoms with van der Waals surface area (Å²) in [6.45, 7) is 3.95. The van der Waals surface area contributed by atoms with Gasteiger partial charge in [0.15, 0.2) is 0 Å². The molecule has 0 amide bonds. The molecule has 0 saturated carbocycles. The van der Waals surface area contributed by atoms with Crippen molar-refractivity contribution < 1.29 is 8.42 Å². The minimum absolute atomic E-state index is 0.0261. The molecule has 0 aliphatic heterocycles. The van der Waals surface area contributed by atoms with Gasteiger partial charge in [-0.3, -0.25) is 0 Å². The predicted octanol–water partition coefficient (Wildman–Crippen LogP) is 1.06. The normalized spacial score (nSPS) is 15.5. The van der Waals surface area contributed by atoms with Gasteiger partial charge in [-0.15, -0.1) is 0 Å². The van der Waals surface area contributed by atoms with Crippen LogP contribution in [0.5, 0.6) is 0 Å². The Balaban J connectivity index is 2.59. The highest BCUT2D eigenvalue weighted by atomic mass is 32.2. The molecule has 0 aromatic heterocycles. The molecule has 5 heteroatoms. The lowest BCUT2D eigenvalue weighted by Crippen LogP contribution is -2.37. The molecule has 0 radical (unpaired) electrons. The number of benzene rings is 1. The minimum atomic E-state index is -3.25. The van der Waals surface area contributed by atoms with Crippen LogP contribution in [0.4, 0.5) is 0 Å². The average Bonchev–Trinajstić information content (AvgIpc) is 2.27. The fourth-order valence-corrected chi connectivity index (χ4v) is 3.01. The predicted molar refractivity (Wildman–Crippen MR) is 70.3 cm³/mol. The highest BCUT2D eigenvalue weighted by Gasteiger charge is 2.16. The minimum Gasteiger partial charge on any atom is -0.327 e. The van der Waals surface area contributed by atoms with Crippen molar-refractivity contribution in [3.05, 3.63) is 35.9 Å². The maximum Gasteiger partial charge on any atom is 0.212 e. The largest absolute Gasteiger partial charge is 0.327 e. The summed E-state index contributed by atoms with van der Waals surface area (Å²) in [5.74, 6) is 0.0609. The molecule has 0 heterocycles. The molecule has 2 atom stereocenters. The van der Waals surface area contributed by atoms with E-state index in [0.29, 0.717) is 0 Å². The van der Waals surface area contributed by atoms with Gasteiger partial charge >= 0.3 is 0 Å². The Hall–Kier alpha value is -0.910. The van der Waals surface area contributed by atoms with Crippen LogP contribution in [-0.2, 0) is 10.0 Å². The van der Waals surface area contributed by atoms with Crippen LogP contribution in [0.15, 0.2) is 30.3 Å². The van der Waals surface area contributed by atoms with E-state index in [1.165, 1.54) is 0 Å². The Bertz CT molecular complexity index is 429. The second-order valence-electron chi connectivity index (χ2n) is 4.42. The van der Waals surface area contributed by atoms with Crippen LogP contribution < -0.4 is 10.5 Å². The molecule has 17 heavy (non-hydrogen) atoms. The lowest BCUT2D eigenvalue weighted by Gasteiger charge is -2.14. The van der Waals surface area contributed by atoms with Gasteiger partial charge in [0.05, 0.1) is 5.75 Å². The van der Waals surface area contributed by atoms with Crippen molar-refractivity contribution in [3.63, 3.8) is 0 Å². The van der Waals surface area contributed by atoms with E-state index in [9.17, 15) is 8.42 Å². The van der Waals surface area contributed by atoms with Gasteiger partial charge in [-0.2, -0.15) is 0 Å². The molecule has 0 saturated heterocycles. The topological polar surface area (TPSA) is 72.2 Å². The van der Waals surface area contributed by atoms with Crippen molar-refractivity contribution in [1.82, 2.24) is 4.72 Å². The van der Waals surface area contributed by atoms with Gasteiger partial charge in [0.25, 0.3) is 0 Å². The van der Waals surface area contributed by atoms with Crippen molar-refractivity contribution in [3.8, 4) is 0 Å². The molecule has 0 fully saturated rings. The molecule has 1 rings (SSSR count).